The molecule has 1 atom stereocenters. The van der Waals surface area contributed by atoms with E-state index in [4.69, 9.17) is 0 Å². The van der Waals surface area contributed by atoms with E-state index in [1.54, 1.807) is 0 Å². The smallest absolute Gasteiger partial charge is 0.127 e. The van der Waals surface area contributed by atoms with Crippen LogP contribution in [-0.4, -0.2) is 37.7 Å². The number of nitrogens with zero attached hydrogens (tertiary/aromatic N) is 2. The normalized spacial score (nSPS) is 23.5. The number of hydrogen-bond acceptors (Lipinski definition) is 4. The van der Waals surface area contributed by atoms with Crippen molar-refractivity contribution in [1.82, 2.24) is 10.3 Å². The third-order valence-corrected chi connectivity index (χ3v) is 5.00. The van der Waals surface area contributed by atoms with Crippen LogP contribution in [0.1, 0.15) is 38.5 Å². The van der Waals surface area contributed by atoms with Crippen molar-refractivity contribution in [3.63, 3.8) is 0 Å². The maximum absolute atomic E-state index is 4.48. The van der Waals surface area contributed by atoms with E-state index < -0.39 is 0 Å². The van der Waals surface area contributed by atoms with Crippen LogP contribution in [0.2, 0.25) is 0 Å². The number of nitrogens with one attached hydrogen (secondary N) is 2. The molecule has 4 heteroatoms. The third-order valence-electron chi connectivity index (χ3n) is 5.00. The van der Waals surface area contributed by atoms with Gasteiger partial charge in [-0.3, -0.25) is 0 Å². The van der Waals surface area contributed by atoms with E-state index >= 15 is 0 Å². The first kappa shape index (κ1) is 14.6. The molecule has 4 nitrogen and oxygen atoms in total. The van der Waals surface area contributed by atoms with Gasteiger partial charge in [-0.2, -0.15) is 0 Å². The molecule has 0 aromatic carbocycles. The van der Waals surface area contributed by atoms with Crippen LogP contribution in [-0.2, 0) is 0 Å². The van der Waals surface area contributed by atoms with Crippen LogP contribution in [0.3, 0.4) is 0 Å². The molecule has 1 aliphatic carbocycles. The monoisotopic (exact) mass is 288 g/mol. The summed E-state index contributed by atoms with van der Waals surface area (Å²) in [6.07, 6.45) is 10.1. The lowest BCUT2D eigenvalue weighted by Gasteiger charge is -2.23. The highest BCUT2D eigenvalue weighted by Gasteiger charge is 2.21. The number of likely N-dealkylation sites (N-methyl/N-ethyl adjacent to an activating group) is 1. The SMILES string of the molecule is CNC1CCN(c2ccnc(NCC3CCCCC3)c2)C1. The summed E-state index contributed by atoms with van der Waals surface area (Å²) in [5, 5.41) is 6.92. The third kappa shape index (κ3) is 3.88. The van der Waals surface area contributed by atoms with E-state index in [0.29, 0.717) is 6.04 Å². The predicted molar refractivity (Wildman–Crippen MR) is 89.0 cm³/mol. The highest BCUT2D eigenvalue weighted by atomic mass is 15.2. The van der Waals surface area contributed by atoms with Crippen molar-refractivity contribution in [1.29, 1.82) is 0 Å². The second-order valence-electron chi connectivity index (χ2n) is 6.50. The fourth-order valence-corrected chi connectivity index (χ4v) is 3.58. The molecular weight excluding hydrogens is 260 g/mol. The Hall–Kier alpha value is -1.29. The predicted octanol–water partition coefficient (Wildman–Crippen LogP) is 2.87. The van der Waals surface area contributed by atoms with Crippen LogP contribution in [0.15, 0.2) is 18.3 Å². The molecule has 2 fully saturated rings. The van der Waals surface area contributed by atoms with Crippen LogP contribution in [0.4, 0.5) is 11.5 Å². The summed E-state index contributed by atoms with van der Waals surface area (Å²) in [7, 11) is 2.05. The minimum absolute atomic E-state index is 0.622. The molecule has 0 bridgehead atoms. The number of anilines is 2. The van der Waals surface area contributed by atoms with Gasteiger partial charge in [0.25, 0.3) is 0 Å². The van der Waals surface area contributed by atoms with Crippen molar-refractivity contribution in [3.8, 4) is 0 Å². The molecule has 1 saturated carbocycles. The van der Waals surface area contributed by atoms with Crippen molar-refractivity contribution in [2.24, 2.45) is 5.92 Å². The molecule has 0 radical (unpaired) electrons. The van der Waals surface area contributed by atoms with Crippen molar-refractivity contribution in [2.45, 2.75) is 44.6 Å². The highest BCUT2D eigenvalue weighted by Crippen LogP contribution is 2.25. The minimum atomic E-state index is 0.622. The summed E-state index contributed by atoms with van der Waals surface area (Å²) < 4.78 is 0. The fourth-order valence-electron chi connectivity index (χ4n) is 3.58. The van der Waals surface area contributed by atoms with Crippen molar-refractivity contribution < 1.29 is 0 Å². The van der Waals surface area contributed by atoms with Crippen molar-refractivity contribution in [3.05, 3.63) is 18.3 Å². The number of hydrogen-bond donors (Lipinski definition) is 2. The second kappa shape index (κ2) is 7.12. The molecule has 0 spiro atoms. The van der Waals surface area contributed by atoms with Gasteiger partial charge in [0.05, 0.1) is 0 Å². The summed E-state index contributed by atoms with van der Waals surface area (Å²) in [6.45, 7) is 3.32. The van der Waals surface area contributed by atoms with Gasteiger partial charge in [-0.1, -0.05) is 19.3 Å². The molecule has 0 amide bonds. The highest BCUT2D eigenvalue weighted by molar-refractivity contribution is 5.54. The Morgan fingerprint density at radius 3 is 2.86 bits per heavy atom. The molecule has 1 unspecified atom stereocenters. The summed E-state index contributed by atoms with van der Waals surface area (Å²) >= 11 is 0. The van der Waals surface area contributed by atoms with Crippen LogP contribution < -0.4 is 15.5 Å². The molecule has 2 N–H and O–H groups in total. The van der Waals surface area contributed by atoms with E-state index in [0.717, 1.165) is 31.4 Å². The van der Waals surface area contributed by atoms with Crippen LogP contribution >= 0.6 is 0 Å². The first-order chi connectivity index (χ1) is 10.3. The van der Waals surface area contributed by atoms with Gasteiger partial charge in [-0.25, -0.2) is 4.98 Å². The van der Waals surface area contributed by atoms with Crippen molar-refractivity contribution >= 4 is 11.5 Å². The molecule has 1 aromatic rings. The Balaban J connectivity index is 1.55. The lowest BCUT2D eigenvalue weighted by Crippen LogP contribution is -2.29. The van der Waals surface area contributed by atoms with Gasteiger partial charge in [-0.05, 0) is 38.3 Å². The van der Waals surface area contributed by atoms with E-state index in [9.17, 15) is 0 Å². The maximum Gasteiger partial charge on any atom is 0.127 e. The zero-order valence-electron chi connectivity index (χ0n) is 13.1. The fraction of sp³-hybridized carbons (Fsp3) is 0.706. The van der Waals surface area contributed by atoms with Crippen LogP contribution in [0, 0.1) is 5.92 Å². The minimum Gasteiger partial charge on any atom is -0.370 e. The molecule has 2 aliphatic rings. The Bertz CT molecular complexity index is 442. The van der Waals surface area contributed by atoms with Gasteiger partial charge in [-0.15, -0.1) is 0 Å². The standard InChI is InChI=1S/C17H28N4/c1-18-15-8-10-21(13-15)16-7-9-19-17(11-16)20-12-14-5-3-2-4-6-14/h7,9,11,14-15,18H,2-6,8,10,12-13H2,1H3,(H,19,20). The Morgan fingerprint density at radius 2 is 2.10 bits per heavy atom. The zero-order valence-corrected chi connectivity index (χ0v) is 13.1. The Morgan fingerprint density at radius 1 is 1.24 bits per heavy atom. The maximum atomic E-state index is 4.48. The summed E-state index contributed by atoms with van der Waals surface area (Å²) in [5.74, 6) is 1.87. The molecule has 2 heterocycles. The summed E-state index contributed by atoms with van der Waals surface area (Å²) in [6, 6.07) is 4.96. The molecular formula is C17H28N4. The van der Waals surface area contributed by atoms with E-state index in [-0.39, 0.29) is 0 Å². The van der Waals surface area contributed by atoms with Crippen LogP contribution in [0.5, 0.6) is 0 Å². The van der Waals surface area contributed by atoms with Gasteiger partial charge < -0.3 is 15.5 Å². The lowest BCUT2D eigenvalue weighted by molar-refractivity contribution is 0.373. The van der Waals surface area contributed by atoms with Gasteiger partial charge in [0, 0.05) is 43.6 Å². The Kier molecular flexibility index (Phi) is 4.96. The van der Waals surface area contributed by atoms with Gasteiger partial charge in [0.1, 0.15) is 5.82 Å². The first-order valence-electron chi connectivity index (χ1n) is 8.47. The molecule has 21 heavy (non-hydrogen) atoms. The van der Waals surface area contributed by atoms with E-state index in [2.05, 4.69) is 39.7 Å². The van der Waals surface area contributed by atoms with Gasteiger partial charge in [0.15, 0.2) is 0 Å². The average molecular weight is 288 g/mol. The second-order valence-corrected chi connectivity index (χ2v) is 6.50. The van der Waals surface area contributed by atoms with Crippen molar-refractivity contribution in [2.75, 3.05) is 36.9 Å². The molecule has 1 aromatic heterocycles. The first-order valence-corrected chi connectivity index (χ1v) is 8.47. The Labute approximate surface area is 128 Å². The molecule has 116 valence electrons. The summed E-state index contributed by atoms with van der Waals surface area (Å²) in [4.78, 5) is 6.93. The zero-order chi connectivity index (χ0) is 14.5. The molecule has 3 rings (SSSR count). The number of pyridine rings is 1. The van der Waals surface area contributed by atoms with Gasteiger partial charge in [0.2, 0.25) is 0 Å². The van der Waals surface area contributed by atoms with E-state index in [1.807, 2.05) is 6.20 Å². The topological polar surface area (TPSA) is 40.2 Å². The van der Waals surface area contributed by atoms with E-state index in [1.165, 1.54) is 44.2 Å². The quantitative estimate of drug-likeness (QED) is 0.874. The lowest BCUT2D eigenvalue weighted by atomic mass is 9.89. The van der Waals surface area contributed by atoms with Gasteiger partial charge >= 0.3 is 0 Å². The number of aromatic nitrogens is 1. The largest absolute Gasteiger partial charge is 0.370 e. The van der Waals surface area contributed by atoms with Crippen LogP contribution in [0.25, 0.3) is 0 Å². The molecule has 1 saturated heterocycles. The average Bonchev–Trinajstić information content (AvgIpc) is 3.03. The summed E-state index contributed by atoms with van der Waals surface area (Å²) in [5.41, 5.74) is 1.30. The molecule has 1 aliphatic heterocycles. The number of rotatable bonds is 5.